The fourth-order valence-electron chi connectivity index (χ4n) is 2.76. The molecule has 5 nitrogen and oxygen atoms in total. The van der Waals surface area contributed by atoms with Crippen LogP contribution in [-0.4, -0.2) is 16.0 Å². The van der Waals surface area contributed by atoms with Crippen LogP contribution in [0.4, 0.5) is 10.8 Å². The average molecular weight is 416 g/mol. The first-order chi connectivity index (χ1) is 16.4. The van der Waals surface area contributed by atoms with Crippen LogP contribution in [0.25, 0.3) is 0 Å². The number of amides is 1. The quantitative estimate of drug-likeness (QED) is 0.474. The number of aliphatic hydroxyl groups is 1. The maximum atomic E-state index is 12.1. The molecule has 1 aromatic heterocycles. The van der Waals surface area contributed by atoms with E-state index in [4.69, 9.17) is 14.0 Å². The number of aryl methyl sites for hydroxylation is 1. The lowest BCUT2D eigenvalue weighted by atomic mass is 10.00. The highest BCUT2D eigenvalue weighted by atomic mass is 32.1. The zero-order valence-electron chi connectivity index (χ0n) is 22.1. The number of nitrogen functional groups attached to an aromatic ring is 1. The Bertz CT molecular complexity index is 1190. The SMILES string of the molecule is [2H]c1c([2H])c(C)c([2H])c([C@@H](O)C([2H])([2H])CCCc2ccc(NC(=O)Cc3csc(N)n3)cc2)c1[2H]. The molecule has 2 aromatic carbocycles. The van der Waals surface area contributed by atoms with Gasteiger partial charge in [0.15, 0.2) is 5.13 Å². The summed E-state index contributed by atoms with van der Waals surface area (Å²) in [6.07, 6.45) is -2.87. The Kier molecular flexibility index (Phi) is 5.03. The topological polar surface area (TPSA) is 88.2 Å². The number of benzene rings is 2. The van der Waals surface area contributed by atoms with Gasteiger partial charge in [-0.25, -0.2) is 4.98 Å². The van der Waals surface area contributed by atoms with Crippen molar-refractivity contribution in [3.63, 3.8) is 0 Å². The van der Waals surface area contributed by atoms with Crippen molar-refractivity contribution in [1.82, 2.24) is 4.98 Å². The lowest BCUT2D eigenvalue weighted by Gasteiger charge is -2.11. The van der Waals surface area contributed by atoms with E-state index in [0.29, 0.717) is 29.4 Å². The fraction of sp³-hybridized carbons (Fsp3) is 0.304. The minimum atomic E-state index is -2.12. The molecule has 0 saturated heterocycles. The molecule has 0 aliphatic carbocycles. The standard InChI is InChI=1S/C23H27N3O2S/c1-16-5-4-7-18(13-16)21(27)8-3-2-6-17-9-11-19(12-10-17)25-22(28)14-20-15-29-23(24)26-20/h4-5,7,9-13,15,21,27H,2-3,6,8,14H2,1H3,(H2,24,26)(H,25,28)/t21-/m0/s1/i4D,5D,7D,8D2,13D. The predicted octanol–water partition coefficient (Wildman–Crippen LogP) is 4.66. The first kappa shape index (κ1) is 14.3. The summed E-state index contributed by atoms with van der Waals surface area (Å²) in [5.74, 6) is -0.211. The first-order valence-corrected chi connectivity index (χ1v) is 10.1. The van der Waals surface area contributed by atoms with Crippen molar-refractivity contribution in [3.05, 3.63) is 76.2 Å². The molecule has 29 heavy (non-hydrogen) atoms. The monoisotopic (exact) mass is 415 g/mol. The third-order valence-corrected chi connectivity index (χ3v) is 4.89. The number of carbonyl (C=O) groups is 1. The summed E-state index contributed by atoms with van der Waals surface area (Å²) in [4.78, 5) is 16.2. The van der Waals surface area contributed by atoms with Crippen LogP contribution >= 0.6 is 11.3 Å². The third-order valence-electron chi connectivity index (χ3n) is 4.17. The van der Waals surface area contributed by atoms with Gasteiger partial charge in [-0.2, -0.15) is 0 Å². The minimum Gasteiger partial charge on any atom is -0.388 e. The van der Waals surface area contributed by atoms with Crippen molar-refractivity contribution < 1.29 is 18.1 Å². The molecule has 3 rings (SSSR count). The van der Waals surface area contributed by atoms with Gasteiger partial charge in [0, 0.05) is 13.8 Å². The number of nitrogens with zero attached hydrogens (tertiary/aromatic N) is 1. The number of nitrogens with one attached hydrogen (secondary N) is 1. The number of rotatable bonds is 9. The van der Waals surface area contributed by atoms with Gasteiger partial charge in [-0.15, -0.1) is 11.3 Å². The number of anilines is 2. The summed E-state index contributed by atoms with van der Waals surface area (Å²) in [7, 11) is 0. The smallest absolute Gasteiger partial charge is 0.230 e. The van der Waals surface area contributed by atoms with Gasteiger partial charge in [0.25, 0.3) is 0 Å². The van der Waals surface area contributed by atoms with E-state index in [1.54, 1.807) is 17.5 Å². The van der Waals surface area contributed by atoms with Crippen molar-refractivity contribution in [2.75, 3.05) is 11.1 Å². The molecule has 1 heterocycles. The van der Waals surface area contributed by atoms with Gasteiger partial charge in [-0.05, 0) is 49.4 Å². The third kappa shape index (κ3) is 6.69. The summed E-state index contributed by atoms with van der Waals surface area (Å²) in [5, 5.41) is 15.6. The lowest BCUT2D eigenvalue weighted by molar-refractivity contribution is -0.115. The highest BCUT2D eigenvalue weighted by Gasteiger charge is 2.08. The number of thiazole rings is 1. The molecule has 0 aliphatic rings. The molecule has 1 atom stereocenters. The normalized spacial score (nSPS) is 15.4. The van der Waals surface area contributed by atoms with E-state index in [2.05, 4.69) is 10.3 Å². The van der Waals surface area contributed by atoms with Crippen molar-refractivity contribution >= 4 is 28.1 Å². The molecule has 152 valence electrons. The Morgan fingerprint density at radius 2 is 2.14 bits per heavy atom. The second-order valence-corrected chi connectivity index (χ2v) is 7.49. The zero-order valence-corrected chi connectivity index (χ0v) is 16.9. The molecular weight excluding hydrogens is 382 g/mol. The summed E-state index contributed by atoms with van der Waals surface area (Å²) < 4.78 is 48.5. The van der Waals surface area contributed by atoms with E-state index in [1.807, 2.05) is 12.1 Å². The van der Waals surface area contributed by atoms with Gasteiger partial charge < -0.3 is 16.2 Å². The van der Waals surface area contributed by atoms with Crippen molar-refractivity contribution in [1.29, 1.82) is 0 Å². The van der Waals surface area contributed by atoms with Crippen LogP contribution in [0.15, 0.2) is 53.8 Å². The Hall–Kier alpha value is -2.70. The largest absolute Gasteiger partial charge is 0.388 e. The molecule has 0 bridgehead atoms. The molecule has 6 heteroatoms. The van der Waals surface area contributed by atoms with Gasteiger partial charge in [-0.1, -0.05) is 48.3 Å². The lowest BCUT2D eigenvalue weighted by Crippen LogP contribution is -2.14. The van der Waals surface area contributed by atoms with Gasteiger partial charge in [0.2, 0.25) is 5.91 Å². The first-order valence-electron chi connectivity index (χ1n) is 12.2. The van der Waals surface area contributed by atoms with Crippen LogP contribution in [0.5, 0.6) is 0 Å². The predicted molar refractivity (Wildman–Crippen MR) is 119 cm³/mol. The number of aromatic nitrogens is 1. The maximum absolute atomic E-state index is 12.1. The highest BCUT2D eigenvalue weighted by molar-refractivity contribution is 7.13. The summed E-state index contributed by atoms with van der Waals surface area (Å²) in [6, 6.07) is 5.72. The maximum Gasteiger partial charge on any atom is 0.230 e. The van der Waals surface area contributed by atoms with E-state index in [-0.39, 0.29) is 42.0 Å². The highest BCUT2D eigenvalue weighted by Crippen LogP contribution is 2.21. The van der Waals surface area contributed by atoms with Crippen LogP contribution in [0.2, 0.25) is 0 Å². The van der Waals surface area contributed by atoms with Gasteiger partial charge >= 0.3 is 0 Å². The van der Waals surface area contributed by atoms with E-state index < -0.39 is 24.6 Å². The molecule has 0 saturated carbocycles. The van der Waals surface area contributed by atoms with Crippen LogP contribution in [0.3, 0.4) is 0 Å². The van der Waals surface area contributed by atoms with E-state index in [0.717, 1.165) is 5.56 Å². The number of hydrogen-bond acceptors (Lipinski definition) is 5. The fourth-order valence-corrected chi connectivity index (χ4v) is 3.32. The number of aliphatic hydroxyl groups excluding tert-OH is 1. The molecule has 0 unspecified atom stereocenters. The average Bonchev–Trinajstić information content (AvgIpc) is 3.21. The van der Waals surface area contributed by atoms with Gasteiger partial charge in [0.1, 0.15) is 0 Å². The number of hydrogen-bond donors (Lipinski definition) is 3. The van der Waals surface area contributed by atoms with Crippen LogP contribution in [0, 0.1) is 6.92 Å². The number of carbonyl (C=O) groups excluding carboxylic acids is 1. The summed E-state index contributed by atoms with van der Waals surface area (Å²) >= 11 is 1.28. The molecule has 1 amide bonds. The number of nitrogens with two attached hydrogens (primary N) is 1. The van der Waals surface area contributed by atoms with Gasteiger partial charge in [-0.3, -0.25) is 4.79 Å². The van der Waals surface area contributed by atoms with Crippen LogP contribution < -0.4 is 11.1 Å². The molecule has 3 aromatic rings. The Labute approximate surface area is 184 Å². The summed E-state index contributed by atoms with van der Waals surface area (Å²) in [6.45, 7) is 1.45. The Morgan fingerprint density at radius 3 is 2.86 bits per heavy atom. The minimum absolute atomic E-state index is 0.0304. The Balaban J connectivity index is 1.57. The molecule has 0 radical (unpaired) electrons. The van der Waals surface area contributed by atoms with E-state index >= 15 is 0 Å². The second kappa shape index (κ2) is 10.2. The van der Waals surface area contributed by atoms with Crippen LogP contribution in [0.1, 0.15) is 55.9 Å². The van der Waals surface area contributed by atoms with Crippen molar-refractivity contribution in [3.8, 4) is 0 Å². The molecule has 0 aliphatic heterocycles. The second-order valence-electron chi connectivity index (χ2n) is 6.60. The van der Waals surface area contributed by atoms with E-state index in [9.17, 15) is 9.90 Å². The molecule has 4 N–H and O–H groups in total. The molecule has 0 spiro atoms. The Morgan fingerprint density at radius 1 is 1.34 bits per heavy atom. The van der Waals surface area contributed by atoms with Crippen molar-refractivity contribution in [2.45, 2.75) is 45.1 Å². The zero-order chi connectivity index (χ0) is 25.9. The van der Waals surface area contributed by atoms with Gasteiger partial charge in [0.05, 0.1) is 23.7 Å². The van der Waals surface area contributed by atoms with E-state index in [1.165, 1.54) is 18.3 Å². The summed E-state index contributed by atoms with van der Waals surface area (Å²) in [5.41, 5.74) is 7.61. The van der Waals surface area contributed by atoms with Crippen LogP contribution in [-0.2, 0) is 17.6 Å². The molecule has 0 fully saturated rings. The van der Waals surface area contributed by atoms with Crippen molar-refractivity contribution in [2.24, 2.45) is 0 Å². The molecular formula is C23H27N3O2S.